The number of rotatable bonds is 4. The van der Waals surface area contributed by atoms with Crippen LogP contribution in [0.4, 0.5) is 9.93 Å². The van der Waals surface area contributed by atoms with Gasteiger partial charge in [-0.05, 0) is 26.7 Å². The number of nitrogens with one attached hydrogen (secondary N) is 1. The normalized spacial score (nSPS) is 15.8. The van der Waals surface area contributed by atoms with Gasteiger partial charge in [-0.3, -0.25) is 0 Å². The number of aromatic carboxylic acids is 1. The van der Waals surface area contributed by atoms with Gasteiger partial charge in [0, 0.05) is 24.0 Å². The number of carboxylic acids is 1. The highest BCUT2D eigenvalue weighted by Gasteiger charge is 2.24. The van der Waals surface area contributed by atoms with Gasteiger partial charge in [0.25, 0.3) is 0 Å². The number of carbonyl (C=O) groups excluding carboxylic acids is 1. The monoisotopic (exact) mass is 313 g/mol. The van der Waals surface area contributed by atoms with Crippen molar-refractivity contribution in [2.75, 3.05) is 25.0 Å². The van der Waals surface area contributed by atoms with Gasteiger partial charge >= 0.3 is 12.1 Å². The molecule has 1 amide bonds. The Morgan fingerprint density at radius 1 is 1.48 bits per heavy atom. The topological polar surface area (TPSA) is 91.8 Å². The summed E-state index contributed by atoms with van der Waals surface area (Å²) in [5.74, 6) is -1.01. The second-order valence-electron chi connectivity index (χ2n) is 4.83. The quantitative estimate of drug-likeness (QED) is 0.885. The zero-order chi connectivity index (χ0) is 15.4. The van der Waals surface area contributed by atoms with Crippen molar-refractivity contribution >= 4 is 28.5 Å². The highest BCUT2D eigenvalue weighted by Crippen LogP contribution is 2.24. The Morgan fingerprint density at radius 2 is 2.14 bits per heavy atom. The molecule has 0 spiro atoms. The van der Waals surface area contributed by atoms with Gasteiger partial charge < -0.3 is 20.1 Å². The summed E-state index contributed by atoms with van der Waals surface area (Å²) in [5, 5.41) is 12.9. The summed E-state index contributed by atoms with van der Waals surface area (Å²) in [6.45, 7) is 5.18. The summed E-state index contributed by atoms with van der Waals surface area (Å²) in [6, 6.07) is 0.197. The number of anilines is 1. The first kappa shape index (κ1) is 15.6. The van der Waals surface area contributed by atoms with Gasteiger partial charge in [-0.1, -0.05) is 0 Å². The number of hydrogen-bond donors (Lipinski definition) is 2. The van der Waals surface area contributed by atoms with Crippen LogP contribution >= 0.6 is 11.3 Å². The zero-order valence-corrected chi connectivity index (χ0v) is 12.9. The molecule has 0 radical (unpaired) electrons. The van der Waals surface area contributed by atoms with E-state index in [4.69, 9.17) is 9.84 Å². The van der Waals surface area contributed by atoms with E-state index in [0.717, 1.165) is 12.8 Å². The number of likely N-dealkylation sites (tertiary alicyclic amines) is 1. The third kappa shape index (κ3) is 3.84. The molecule has 2 heterocycles. The van der Waals surface area contributed by atoms with Gasteiger partial charge in [-0.25, -0.2) is 14.6 Å². The van der Waals surface area contributed by atoms with E-state index < -0.39 is 5.97 Å². The number of carbonyl (C=O) groups is 2. The Balaban J connectivity index is 1.87. The lowest BCUT2D eigenvalue weighted by molar-refractivity contribution is 0.0690. The maximum absolute atomic E-state index is 11.6. The lowest BCUT2D eigenvalue weighted by Crippen LogP contribution is -2.42. The first-order chi connectivity index (χ1) is 10.0. The van der Waals surface area contributed by atoms with Crippen molar-refractivity contribution in [2.24, 2.45) is 0 Å². The number of piperidine rings is 1. The number of aromatic nitrogens is 1. The fourth-order valence-corrected chi connectivity index (χ4v) is 3.13. The van der Waals surface area contributed by atoms with E-state index >= 15 is 0 Å². The molecule has 0 bridgehead atoms. The van der Waals surface area contributed by atoms with E-state index in [1.807, 2.05) is 0 Å². The summed E-state index contributed by atoms with van der Waals surface area (Å²) in [6.07, 6.45) is 1.31. The van der Waals surface area contributed by atoms with Crippen molar-refractivity contribution in [3.63, 3.8) is 0 Å². The first-order valence-corrected chi connectivity index (χ1v) is 7.71. The largest absolute Gasteiger partial charge is 0.476 e. The van der Waals surface area contributed by atoms with E-state index in [-0.39, 0.29) is 17.8 Å². The third-order valence-corrected chi connectivity index (χ3v) is 4.25. The van der Waals surface area contributed by atoms with E-state index in [1.54, 1.807) is 18.7 Å². The Morgan fingerprint density at radius 3 is 2.67 bits per heavy atom. The highest BCUT2D eigenvalue weighted by molar-refractivity contribution is 7.15. The Labute approximate surface area is 126 Å². The van der Waals surface area contributed by atoms with Crippen molar-refractivity contribution < 1.29 is 19.4 Å². The molecule has 1 aliphatic heterocycles. The summed E-state index contributed by atoms with van der Waals surface area (Å²) in [7, 11) is 0. The van der Waals surface area contributed by atoms with Crippen molar-refractivity contribution in [1.29, 1.82) is 0 Å². The zero-order valence-electron chi connectivity index (χ0n) is 12.1. The van der Waals surface area contributed by atoms with Crippen LogP contribution in [0, 0.1) is 6.92 Å². The molecule has 2 N–H and O–H groups in total. The Bertz CT molecular complexity index is 523. The maximum atomic E-state index is 11.6. The van der Waals surface area contributed by atoms with E-state index in [2.05, 4.69) is 10.3 Å². The predicted octanol–water partition coefficient (Wildman–Crippen LogP) is 2.18. The van der Waals surface area contributed by atoms with Crippen LogP contribution in [-0.4, -0.2) is 52.8 Å². The molecule has 0 atom stereocenters. The summed E-state index contributed by atoms with van der Waals surface area (Å²) in [5.41, 5.74) is 0.103. The maximum Gasteiger partial charge on any atom is 0.409 e. The average molecular weight is 313 g/mol. The minimum Gasteiger partial charge on any atom is -0.476 e. The molecule has 0 unspecified atom stereocenters. The molecule has 1 aromatic heterocycles. The SMILES string of the molecule is CCOC(=O)N1CCC(Nc2nc(C(=O)O)c(C)s2)CC1. The molecule has 1 saturated heterocycles. The fourth-order valence-electron chi connectivity index (χ4n) is 2.25. The molecule has 1 fully saturated rings. The average Bonchev–Trinajstić information content (AvgIpc) is 2.81. The second-order valence-corrected chi connectivity index (χ2v) is 6.04. The fraction of sp³-hybridized carbons (Fsp3) is 0.615. The Hall–Kier alpha value is -1.83. The minimum absolute atomic E-state index is 0.103. The van der Waals surface area contributed by atoms with Crippen LogP contribution < -0.4 is 5.32 Å². The number of thiazole rings is 1. The molecule has 8 heteroatoms. The molecule has 0 aromatic carbocycles. The molecule has 0 saturated carbocycles. The second kappa shape index (κ2) is 6.75. The molecule has 1 aromatic rings. The van der Waals surface area contributed by atoms with Gasteiger partial charge in [0.2, 0.25) is 0 Å². The number of nitrogens with zero attached hydrogens (tertiary/aromatic N) is 2. The molecule has 21 heavy (non-hydrogen) atoms. The molecule has 2 rings (SSSR count). The van der Waals surface area contributed by atoms with Crippen molar-refractivity contribution in [2.45, 2.75) is 32.7 Å². The van der Waals surface area contributed by atoms with Crippen molar-refractivity contribution in [3.8, 4) is 0 Å². The summed E-state index contributed by atoms with van der Waals surface area (Å²) < 4.78 is 4.97. The van der Waals surface area contributed by atoms with Crippen LogP contribution in [0.2, 0.25) is 0 Å². The van der Waals surface area contributed by atoms with Gasteiger partial charge in [0.15, 0.2) is 10.8 Å². The first-order valence-electron chi connectivity index (χ1n) is 6.90. The summed E-state index contributed by atoms with van der Waals surface area (Å²) >= 11 is 1.34. The molecule has 7 nitrogen and oxygen atoms in total. The number of ether oxygens (including phenoxy) is 1. The van der Waals surface area contributed by atoms with Gasteiger partial charge in [0.05, 0.1) is 6.61 Å². The van der Waals surface area contributed by atoms with E-state index in [1.165, 1.54) is 11.3 Å². The Kier molecular flexibility index (Phi) is 5.00. The predicted molar refractivity (Wildman–Crippen MR) is 79.1 cm³/mol. The lowest BCUT2D eigenvalue weighted by Gasteiger charge is -2.31. The number of carboxylic acid groups (broad SMARTS) is 1. The lowest BCUT2D eigenvalue weighted by atomic mass is 10.1. The van der Waals surface area contributed by atoms with Crippen LogP contribution in [-0.2, 0) is 4.74 Å². The van der Waals surface area contributed by atoms with Crippen LogP contribution in [0.3, 0.4) is 0 Å². The number of amides is 1. The molecule has 0 aliphatic carbocycles. The minimum atomic E-state index is -1.01. The highest BCUT2D eigenvalue weighted by atomic mass is 32.1. The van der Waals surface area contributed by atoms with Gasteiger partial charge in [0.1, 0.15) is 0 Å². The van der Waals surface area contributed by atoms with Crippen molar-refractivity contribution in [3.05, 3.63) is 10.6 Å². The number of aryl methyl sites for hydroxylation is 1. The van der Waals surface area contributed by atoms with Crippen LogP contribution in [0.5, 0.6) is 0 Å². The molecule has 116 valence electrons. The van der Waals surface area contributed by atoms with E-state index in [0.29, 0.717) is 29.7 Å². The van der Waals surface area contributed by atoms with Crippen LogP contribution in [0.25, 0.3) is 0 Å². The summed E-state index contributed by atoms with van der Waals surface area (Å²) in [4.78, 5) is 29.0. The van der Waals surface area contributed by atoms with Gasteiger partial charge in [-0.15, -0.1) is 11.3 Å². The third-order valence-electron chi connectivity index (χ3n) is 3.35. The molecule has 1 aliphatic rings. The molecular weight excluding hydrogens is 294 g/mol. The van der Waals surface area contributed by atoms with E-state index in [9.17, 15) is 9.59 Å². The van der Waals surface area contributed by atoms with Crippen LogP contribution in [0.1, 0.15) is 35.1 Å². The number of hydrogen-bond acceptors (Lipinski definition) is 6. The van der Waals surface area contributed by atoms with Crippen molar-refractivity contribution in [1.82, 2.24) is 9.88 Å². The smallest absolute Gasteiger partial charge is 0.409 e. The van der Waals surface area contributed by atoms with Gasteiger partial charge in [-0.2, -0.15) is 0 Å². The standard InChI is InChI=1S/C13H19N3O4S/c1-3-20-13(19)16-6-4-9(5-7-16)14-12-15-10(11(17)18)8(2)21-12/h9H,3-7H2,1-2H3,(H,14,15)(H,17,18). The molecular formula is C13H19N3O4S. The van der Waals surface area contributed by atoms with Crippen LogP contribution in [0.15, 0.2) is 0 Å².